The monoisotopic (exact) mass is 388 g/mol. The summed E-state index contributed by atoms with van der Waals surface area (Å²) >= 11 is 0. The first-order valence-electron chi connectivity index (χ1n) is 9.90. The van der Waals surface area contributed by atoms with Gasteiger partial charge in [0.1, 0.15) is 12.1 Å². The molecule has 2 atom stereocenters. The van der Waals surface area contributed by atoms with Gasteiger partial charge in [0, 0.05) is 37.7 Å². The number of likely N-dealkylation sites (tertiary alicyclic amines) is 1. The lowest BCUT2D eigenvalue weighted by atomic mass is 9.80. The lowest BCUT2D eigenvalue weighted by Gasteiger charge is -2.26. The first-order chi connectivity index (χ1) is 13.5. The number of hydrogen-bond acceptors (Lipinski definition) is 7. The van der Waals surface area contributed by atoms with E-state index in [0.29, 0.717) is 26.3 Å². The molecule has 4 rings (SSSR count). The Kier molecular flexibility index (Phi) is 5.20. The minimum absolute atomic E-state index is 0.0438. The van der Waals surface area contributed by atoms with E-state index in [1.54, 1.807) is 6.33 Å². The number of nitrogens with zero attached hydrogens (tertiary/aromatic N) is 5. The van der Waals surface area contributed by atoms with Gasteiger partial charge in [0.15, 0.2) is 5.82 Å². The van der Waals surface area contributed by atoms with E-state index in [4.69, 9.17) is 9.26 Å². The quantitative estimate of drug-likeness (QED) is 0.757. The molecule has 1 N–H and O–H groups in total. The maximum atomic E-state index is 13.2. The van der Waals surface area contributed by atoms with Gasteiger partial charge >= 0.3 is 0 Å². The molecule has 2 aromatic heterocycles. The molecule has 0 radical (unpaired) electrons. The van der Waals surface area contributed by atoms with Crippen molar-refractivity contribution < 1.29 is 14.1 Å². The number of rotatable bonds is 7. The largest absolute Gasteiger partial charge is 0.380 e. The third kappa shape index (κ3) is 3.33. The fourth-order valence-corrected chi connectivity index (χ4v) is 4.41. The van der Waals surface area contributed by atoms with E-state index in [1.807, 2.05) is 18.4 Å². The van der Waals surface area contributed by atoms with E-state index >= 15 is 0 Å². The Balaban J connectivity index is 1.43. The molecule has 0 saturated carbocycles. The van der Waals surface area contributed by atoms with Crippen LogP contribution in [-0.2, 0) is 29.2 Å². The minimum Gasteiger partial charge on any atom is -0.380 e. The molecule has 2 aliphatic heterocycles. The van der Waals surface area contributed by atoms with Gasteiger partial charge in [-0.1, -0.05) is 12.1 Å². The normalized spacial score (nSPS) is 24.6. The van der Waals surface area contributed by atoms with E-state index < -0.39 is 5.41 Å². The Morgan fingerprint density at radius 2 is 2.29 bits per heavy atom. The van der Waals surface area contributed by atoms with Crippen LogP contribution in [0.15, 0.2) is 10.9 Å². The number of carbonyl (C=O) groups is 1. The molecule has 2 fully saturated rings. The smallest absolute Gasteiger partial charge is 0.230 e. The molecule has 2 aliphatic rings. The standard InChI is InChI=1S/C19H28N6O3/c1-4-5-25-12-21-22-17(25)6-20-18(26)19-10-24(7-15(19)9-27-11-19)8-16-13(2)23-28-14(16)3/h12,15H,4-11H2,1-3H3,(H,20,26)/t15?,19-/m1/s1. The number of aromatic nitrogens is 4. The van der Waals surface area contributed by atoms with Crippen molar-refractivity contribution in [2.75, 3.05) is 26.3 Å². The number of carbonyl (C=O) groups excluding carboxylic acids is 1. The first kappa shape index (κ1) is 19.1. The molecular weight excluding hydrogens is 360 g/mol. The molecule has 1 unspecified atom stereocenters. The van der Waals surface area contributed by atoms with Gasteiger partial charge in [-0.25, -0.2) is 0 Å². The molecule has 0 aromatic carbocycles. The molecule has 1 amide bonds. The van der Waals surface area contributed by atoms with Crippen molar-refractivity contribution in [2.45, 2.75) is 46.8 Å². The van der Waals surface area contributed by atoms with E-state index in [-0.39, 0.29) is 11.8 Å². The second kappa shape index (κ2) is 7.63. The highest BCUT2D eigenvalue weighted by Crippen LogP contribution is 2.42. The van der Waals surface area contributed by atoms with Gasteiger partial charge < -0.3 is 19.1 Å². The van der Waals surface area contributed by atoms with Gasteiger partial charge in [-0.2, -0.15) is 0 Å². The van der Waals surface area contributed by atoms with Gasteiger partial charge in [-0.05, 0) is 20.3 Å². The van der Waals surface area contributed by atoms with Crippen LogP contribution in [0.25, 0.3) is 0 Å². The summed E-state index contributed by atoms with van der Waals surface area (Å²) in [4.78, 5) is 15.5. The van der Waals surface area contributed by atoms with Crippen molar-refractivity contribution >= 4 is 5.91 Å². The van der Waals surface area contributed by atoms with Gasteiger partial charge in [0.2, 0.25) is 5.91 Å². The van der Waals surface area contributed by atoms with E-state index in [1.165, 1.54) is 0 Å². The van der Waals surface area contributed by atoms with Crippen LogP contribution >= 0.6 is 0 Å². The predicted octanol–water partition coefficient (Wildman–Crippen LogP) is 1.06. The topological polar surface area (TPSA) is 98.3 Å². The average Bonchev–Trinajstić information content (AvgIpc) is 3.41. The number of aryl methyl sites for hydroxylation is 3. The highest BCUT2D eigenvalue weighted by atomic mass is 16.5. The van der Waals surface area contributed by atoms with Crippen molar-refractivity contribution in [3.8, 4) is 0 Å². The van der Waals surface area contributed by atoms with Crippen LogP contribution in [0.1, 0.15) is 36.2 Å². The van der Waals surface area contributed by atoms with Crippen molar-refractivity contribution in [1.82, 2.24) is 30.1 Å². The van der Waals surface area contributed by atoms with Crippen LogP contribution < -0.4 is 5.32 Å². The summed E-state index contributed by atoms with van der Waals surface area (Å²) in [6, 6.07) is 0. The first-order valence-corrected chi connectivity index (χ1v) is 9.90. The van der Waals surface area contributed by atoms with E-state index in [0.717, 1.165) is 48.9 Å². The predicted molar refractivity (Wildman–Crippen MR) is 100 cm³/mol. The second-order valence-corrected chi connectivity index (χ2v) is 7.96. The summed E-state index contributed by atoms with van der Waals surface area (Å²) in [6.07, 6.45) is 2.71. The number of amides is 1. The average molecular weight is 388 g/mol. The molecule has 9 heteroatoms. The van der Waals surface area contributed by atoms with Gasteiger partial charge in [-0.3, -0.25) is 9.69 Å². The van der Waals surface area contributed by atoms with E-state index in [9.17, 15) is 4.79 Å². The highest BCUT2D eigenvalue weighted by molar-refractivity contribution is 5.84. The third-order valence-electron chi connectivity index (χ3n) is 6.03. The molecule has 0 bridgehead atoms. The van der Waals surface area contributed by atoms with Crippen LogP contribution in [-0.4, -0.2) is 57.0 Å². The number of hydrogen-bond donors (Lipinski definition) is 1. The molecule has 9 nitrogen and oxygen atoms in total. The Morgan fingerprint density at radius 1 is 1.43 bits per heavy atom. The van der Waals surface area contributed by atoms with Crippen molar-refractivity contribution in [1.29, 1.82) is 0 Å². The minimum atomic E-state index is -0.505. The summed E-state index contributed by atoms with van der Waals surface area (Å²) in [5, 5.41) is 15.2. The fraction of sp³-hybridized carbons (Fsp3) is 0.684. The van der Waals surface area contributed by atoms with Crippen LogP contribution in [0.3, 0.4) is 0 Å². The molecule has 28 heavy (non-hydrogen) atoms. The van der Waals surface area contributed by atoms with E-state index in [2.05, 4.69) is 32.5 Å². The maximum absolute atomic E-state index is 13.2. The lowest BCUT2D eigenvalue weighted by molar-refractivity contribution is -0.131. The van der Waals surface area contributed by atoms with Gasteiger partial charge in [0.25, 0.3) is 0 Å². The zero-order valence-corrected chi connectivity index (χ0v) is 16.8. The summed E-state index contributed by atoms with van der Waals surface area (Å²) in [6.45, 7) is 10.6. The third-order valence-corrected chi connectivity index (χ3v) is 6.03. The fourth-order valence-electron chi connectivity index (χ4n) is 4.41. The molecular formula is C19H28N6O3. The zero-order chi connectivity index (χ0) is 19.7. The highest BCUT2D eigenvalue weighted by Gasteiger charge is 2.55. The van der Waals surface area contributed by atoms with Crippen molar-refractivity contribution in [3.05, 3.63) is 29.2 Å². The Morgan fingerprint density at radius 3 is 3.04 bits per heavy atom. The van der Waals surface area contributed by atoms with Crippen LogP contribution in [0.5, 0.6) is 0 Å². The number of nitrogens with one attached hydrogen (secondary N) is 1. The Bertz CT molecular complexity index is 827. The molecule has 152 valence electrons. The second-order valence-electron chi connectivity index (χ2n) is 7.96. The van der Waals surface area contributed by atoms with Gasteiger partial charge in [-0.15, -0.1) is 10.2 Å². The Hall–Kier alpha value is -2.26. The van der Waals surface area contributed by atoms with Crippen LogP contribution in [0.4, 0.5) is 0 Å². The SMILES string of the molecule is CCCn1cnnc1CNC(=O)[C@]12COCC1CN(Cc1c(C)noc1C)C2. The number of ether oxygens (including phenoxy) is 1. The van der Waals surface area contributed by atoms with Crippen LogP contribution in [0, 0.1) is 25.2 Å². The summed E-state index contributed by atoms with van der Waals surface area (Å²) in [5.41, 5.74) is 1.53. The van der Waals surface area contributed by atoms with Crippen molar-refractivity contribution in [2.24, 2.45) is 11.3 Å². The summed E-state index contributed by atoms with van der Waals surface area (Å²) in [5.74, 6) is 1.87. The molecule has 2 saturated heterocycles. The van der Waals surface area contributed by atoms with Gasteiger partial charge in [0.05, 0.1) is 30.9 Å². The molecule has 2 aromatic rings. The molecule has 0 spiro atoms. The maximum Gasteiger partial charge on any atom is 0.230 e. The molecule has 4 heterocycles. The zero-order valence-electron chi connectivity index (χ0n) is 16.8. The summed E-state index contributed by atoms with van der Waals surface area (Å²) < 4.78 is 13.0. The number of fused-ring (bicyclic) bond motifs is 1. The van der Waals surface area contributed by atoms with Crippen LogP contribution in [0.2, 0.25) is 0 Å². The molecule has 0 aliphatic carbocycles. The summed E-state index contributed by atoms with van der Waals surface area (Å²) in [7, 11) is 0. The lowest BCUT2D eigenvalue weighted by Crippen LogP contribution is -2.46. The van der Waals surface area contributed by atoms with Crippen molar-refractivity contribution in [3.63, 3.8) is 0 Å². The Labute approximate surface area is 164 Å².